The van der Waals surface area contributed by atoms with Crippen LogP contribution >= 0.6 is 0 Å². The summed E-state index contributed by atoms with van der Waals surface area (Å²) in [5.41, 5.74) is 6.41. The molecule has 0 spiro atoms. The number of anilines is 1. The number of aromatic nitrogens is 2. The quantitative estimate of drug-likeness (QED) is 0.707. The van der Waals surface area contributed by atoms with Gasteiger partial charge in [-0.15, -0.1) is 0 Å². The Kier molecular flexibility index (Phi) is 5.74. The molecule has 90 valence electrons. The van der Waals surface area contributed by atoms with E-state index in [0.717, 1.165) is 30.9 Å². The van der Waals surface area contributed by atoms with Gasteiger partial charge in [-0.2, -0.15) is 0 Å². The zero-order valence-electron chi connectivity index (χ0n) is 9.76. The van der Waals surface area contributed by atoms with E-state index in [-0.39, 0.29) is 6.61 Å². The maximum Gasteiger partial charge on any atom is 0.151 e. The lowest BCUT2D eigenvalue weighted by Crippen LogP contribution is -2.30. The number of nitrogens with zero attached hydrogens (tertiary/aromatic N) is 3. The summed E-state index contributed by atoms with van der Waals surface area (Å²) in [6, 6.07) is 0. The van der Waals surface area contributed by atoms with Crippen molar-refractivity contribution < 1.29 is 5.11 Å². The second-order valence-corrected chi connectivity index (χ2v) is 3.59. The Balaban J connectivity index is 2.81. The number of aliphatic hydroxyl groups is 1. The molecule has 0 aliphatic carbocycles. The van der Waals surface area contributed by atoms with E-state index in [9.17, 15) is 0 Å². The van der Waals surface area contributed by atoms with Crippen molar-refractivity contribution in [2.45, 2.75) is 26.3 Å². The monoisotopic (exact) mass is 224 g/mol. The fourth-order valence-corrected chi connectivity index (χ4v) is 1.56. The highest BCUT2D eigenvalue weighted by Crippen LogP contribution is 2.14. The Morgan fingerprint density at radius 2 is 2.06 bits per heavy atom. The van der Waals surface area contributed by atoms with Gasteiger partial charge in [-0.25, -0.2) is 4.98 Å². The third-order valence-electron chi connectivity index (χ3n) is 2.40. The first-order chi connectivity index (χ1) is 7.83. The average molecular weight is 224 g/mol. The molecule has 0 saturated carbocycles. The fraction of sp³-hybridized carbons (Fsp3) is 0.636. The van der Waals surface area contributed by atoms with Crippen LogP contribution in [0.25, 0.3) is 0 Å². The Morgan fingerprint density at radius 1 is 1.31 bits per heavy atom. The minimum Gasteiger partial charge on any atom is -0.395 e. The van der Waals surface area contributed by atoms with E-state index in [1.165, 1.54) is 0 Å². The van der Waals surface area contributed by atoms with Crippen LogP contribution < -0.4 is 10.6 Å². The maximum absolute atomic E-state index is 9.04. The highest BCUT2D eigenvalue weighted by atomic mass is 16.3. The molecule has 1 heterocycles. The average Bonchev–Trinajstić information content (AvgIpc) is 2.34. The van der Waals surface area contributed by atoms with Crippen LogP contribution in [0.5, 0.6) is 0 Å². The summed E-state index contributed by atoms with van der Waals surface area (Å²) in [6.45, 7) is 4.08. The minimum absolute atomic E-state index is 0.115. The van der Waals surface area contributed by atoms with E-state index >= 15 is 0 Å². The van der Waals surface area contributed by atoms with Crippen LogP contribution in [0.1, 0.15) is 25.5 Å². The molecule has 1 rings (SSSR count). The van der Waals surface area contributed by atoms with Gasteiger partial charge < -0.3 is 15.7 Å². The summed E-state index contributed by atoms with van der Waals surface area (Å²) in [7, 11) is 0. The predicted molar refractivity (Wildman–Crippen MR) is 64.1 cm³/mol. The Bertz CT molecular complexity index is 306. The van der Waals surface area contributed by atoms with Crippen molar-refractivity contribution >= 4 is 5.82 Å². The Hall–Kier alpha value is -1.20. The molecule has 0 aliphatic heterocycles. The van der Waals surface area contributed by atoms with Gasteiger partial charge in [0.1, 0.15) is 0 Å². The van der Waals surface area contributed by atoms with E-state index in [2.05, 4.69) is 16.9 Å². The molecule has 0 atom stereocenters. The van der Waals surface area contributed by atoms with E-state index in [1.54, 1.807) is 12.4 Å². The molecule has 0 saturated heterocycles. The largest absolute Gasteiger partial charge is 0.395 e. The van der Waals surface area contributed by atoms with Crippen molar-refractivity contribution in [3.05, 3.63) is 18.1 Å². The van der Waals surface area contributed by atoms with E-state index < -0.39 is 0 Å². The topological polar surface area (TPSA) is 75.3 Å². The number of nitrogens with two attached hydrogens (primary N) is 1. The van der Waals surface area contributed by atoms with Crippen molar-refractivity contribution in [2.24, 2.45) is 5.73 Å². The molecule has 1 aromatic rings. The molecular weight excluding hydrogens is 204 g/mol. The smallest absolute Gasteiger partial charge is 0.151 e. The van der Waals surface area contributed by atoms with E-state index in [0.29, 0.717) is 13.1 Å². The maximum atomic E-state index is 9.04. The third kappa shape index (κ3) is 3.43. The van der Waals surface area contributed by atoms with Crippen molar-refractivity contribution in [1.82, 2.24) is 9.97 Å². The standard InChI is InChI=1S/C11H20N4O/c1-2-3-6-15(7-8-16)11-10(9-12)13-4-5-14-11/h4-5,16H,2-3,6-9,12H2,1H3. The van der Waals surface area contributed by atoms with Crippen LogP contribution in [0.2, 0.25) is 0 Å². The highest BCUT2D eigenvalue weighted by Gasteiger charge is 2.11. The van der Waals surface area contributed by atoms with E-state index in [4.69, 9.17) is 10.8 Å². The molecule has 0 radical (unpaired) electrons. The molecule has 0 unspecified atom stereocenters. The van der Waals surface area contributed by atoms with Gasteiger partial charge in [0.15, 0.2) is 5.82 Å². The lowest BCUT2D eigenvalue weighted by molar-refractivity contribution is 0.301. The normalized spacial score (nSPS) is 10.4. The molecule has 5 nitrogen and oxygen atoms in total. The summed E-state index contributed by atoms with van der Waals surface area (Å²) in [4.78, 5) is 10.5. The van der Waals surface area contributed by atoms with Crippen molar-refractivity contribution in [3.63, 3.8) is 0 Å². The Labute approximate surface area is 96.3 Å². The number of rotatable bonds is 7. The number of unbranched alkanes of at least 4 members (excludes halogenated alkanes) is 1. The van der Waals surface area contributed by atoms with Crippen molar-refractivity contribution in [1.29, 1.82) is 0 Å². The zero-order valence-corrected chi connectivity index (χ0v) is 9.76. The van der Waals surface area contributed by atoms with Gasteiger partial charge in [0.25, 0.3) is 0 Å². The molecule has 0 bridgehead atoms. The van der Waals surface area contributed by atoms with Crippen LogP contribution in [0.3, 0.4) is 0 Å². The number of aliphatic hydroxyl groups excluding tert-OH is 1. The molecule has 1 aromatic heterocycles. The first-order valence-corrected chi connectivity index (χ1v) is 5.69. The molecule has 3 N–H and O–H groups in total. The molecule has 5 heteroatoms. The van der Waals surface area contributed by atoms with Crippen LogP contribution in [0.4, 0.5) is 5.82 Å². The molecular formula is C11H20N4O. The zero-order chi connectivity index (χ0) is 11.8. The fourth-order valence-electron chi connectivity index (χ4n) is 1.56. The summed E-state index contributed by atoms with van der Waals surface area (Å²) in [6.07, 6.45) is 5.48. The number of hydrogen-bond acceptors (Lipinski definition) is 5. The Morgan fingerprint density at radius 3 is 2.69 bits per heavy atom. The van der Waals surface area contributed by atoms with Crippen LogP contribution in [-0.2, 0) is 6.54 Å². The first-order valence-electron chi connectivity index (χ1n) is 5.69. The molecule has 0 aliphatic rings. The summed E-state index contributed by atoms with van der Waals surface area (Å²) >= 11 is 0. The number of hydrogen-bond donors (Lipinski definition) is 2. The second kappa shape index (κ2) is 7.14. The van der Waals surface area contributed by atoms with Gasteiger partial charge in [0.05, 0.1) is 12.3 Å². The lowest BCUT2D eigenvalue weighted by Gasteiger charge is -2.23. The first kappa shape index (κ1) is 12.9. The predicted octanol–water partition coefficient (Wildman–Crippen LogP) is 0.534. The van der Waals surface area contributed by atoms with Gasteiger partial charge in [-0.05, 0) is 6.42 Å². The van der Waals surface area contributed by atoms with Crippen LogP contribution in [0, 0.1) is 0 Å². The van der Waals surface area contributed by atoms with Gasteiger partial charge in [0, 0.05) is 32.0 Å². The minimum atomic E-state index is 0.115. The summed E-state index contributed by atoms with van der Waals surface area (Å²) in [5.74, 6) is 0.799. The lowest BCUT2D eigenvalue weighted by atomic mass is 10.3. The van der Waals surface area contributed by atoms with Gasteiger partial charge in [-0.1, -0.05) is 13.3 Å². The molecule has 0 amide bonds. The second-order valence-electron chi connectivity index (χ2n) is 3.59. The molecule has 0 aromatic carbocycles. The van der Waals surface area contributed by atoms with E-state index in [1.807, 2.05) is 4.90 Å². The van der Waals surface area contributed by atoms with Crippen LogP contribution in [0.15, 0.2) is 12.4 Å². The van der Waals surface area contributed by atoms with Crippen molar-refractivity contribution in [2.75, 3.05) is 24.6 Å². The van der Waals surface area contributed by atoms with Gasteiger partial charge in [-0.3, -0.25) is 4.98 Å². The highest BCUT2D eigenvalue weighted by molar-refractivity contribution is 5.42. The molecule has 0 fully saturated rings. The molecule has 16 heavy (non-hydrogen) atoms. The summed E-state index contributed by atoms with van der Waals surface area (Å²) < 4.78 is 0. The third-order valence-corrected chi connectivity index (χ3v) is 2.40. The van der Waals surface area contributed by atoms with Crippen molar-refractivity contribution in [3.8, 4) is 0 Å². The van der Waals surface area contributed by atoms with Gasteiger partial charge in [0.2, 0.25) is 0 Å². The summed E-state index contributed by atoms with van der Waals surface area (Å²) in [5, 5.41) is 9.04. The van der Waals surface area contributed by atoms with Gasteiger partial charge >= 0.3 is 0 Å². The van der Waals surface area contributed by atoms with Crippen LogP contribution in [-0.4, -0.2) is 34.8 Å². The SMILES string of the molecule is CCCCN(CCO)c1nccnc1CN.